The second-order valence-electron chi connectivity index (χ2n) is 6.59. The fraction of sp³-hybridized carbons (Fsp3) is 0.238. The van der Waals surface area contributed by atoms with E-state index in [2.05, 4.69) is 25.6 Å². The van der Waals surface area contributed by atoms with Crippen molar-refractivity contribution in [1.82, 2.24) is 20.3 Å². The van der Waals surface area contributed by atoms with Gasteiger partial charge in [-0.05, 0) is 42.7 Å². The van der Waals surface area contributed by atoms with Gasteiger partial charge in [0.05, 0.1) is 11.5 Å². The Morgan fingerprint density at radius 3 is 2.63 bits per heavy atom. The average molecular weight is 427 g/mol. The second-order valence-corrected chi connectivity index (χ2v) is 7.58. The predicted octanol–water partition coefficient (Wildman–Crippen LogP) is 3.24. The number of hydrogen-bond acceptors (Lipinski definition) is 7. The van der Waals surface area contributed by atoms with Crippen molar-refractivity contribution in [3.05, 3.63) is 71.3 Å². The number of nitrogens with two attached hydrogens (primary N) is 1. The van der Waals surface area contributed by atoms with Gasteiger partial charge in [-0.25, -0.2) is 4.39 Å². The number of amides is 1. The van der Waals surface area contributed by atoms with Crippen molar-refractivity contribution in [1.29, 1.82) is 0 Å². The van der Waals surface area contributed by atoms with Crippen LogP contribution >= 0.6 is 11.8 Å². The molecule has 0 aliphatic carbocycles. The van der Waals surface area contributed by atoms with Crippen molar-refractivity contribution in [2.45, 2.75) is 19.1 Å². The minimum absolute atomic E-state index is 0.0811. The highest BCUT2D eigenvalue weighted by molar-refractivity contribution is 7.99. The van der Waals surface area contributed by atoms with Gasteiger partial charge in [0.25, 0.3) is 0 Å². The molecule has 0 fully saturated rings. The van der Waals surface area contributed by atoms with Gasteiger partial charge in [-0.2, -0.15) is 15.0 Å². The molecule has 1 heterocycles. The van der Waals surface area contributed by atoms with E-state index in [9.17, 15) is 9.18 Å². The Bertz CT molecular complexity index is 999. The number of para-hydroxylation sites is 1. The Labute approximate surface area is 178 Å². The van der Waals surface area contributed by atoms with Gasteiger partial charge >= 0.3 is 0 Å². The number of nitrogens with one attached hydrogen (secondary N) is 2. The van der Waals surface area contributed by atoms with Crippen LogP contribution in [-0.4, -0.2) is 33.2 Å². The summed E-state index contributed by atoms with van der Waals surface area (Å²) in [6.07, 6.45) is 0.647. The Hall–Kier alpha value is -3.20. The third kappa shape index (κ3) is 6.70. The summed E-state index contributed by atoms with van der Waals surface area (Å²) >= 11 is 1.39. The number of nitrogen functional groups attached to an aromatic ring is 1. The summed E-state index contributed by atoms with van der Waals surface area (Å²) in [5.74, 6) is 1.35. The third-order valence-corrected chi connectivity index (χ3v) is 5.13. The van der Waals surface area contributed by atoms with Gasteiger partial charge in [0.15, 0.2) is 0 Å². The van der Waals surface area contributed by atoms with E-state index in [0.717, 1.165) is 16.8 Å². The first-order chi connectivity index (χ1) is 14.5. The van der Waals surface area contributed by atoms with Crippen LogP contribution in [0.3, 0.4) is 0 Å². The van der Waals surface area contributed by atoms with Crippen LogP contribution in [0.4, 0.5) is 22.0 Å². The number of aryl methyl sites for hydroxylation is 1. The zero-order valence-electron chi connectivity index (χ0n) is 16.6. The number of halogens is 1. The molecule has 0 bridgehead atoms. The first-order valence-electron chi connectivity index (χ1n) is 9.41. The number of benzene rings is 2. The molecule has 0 unspecified atom stereocenters. The van der Waals surface area contributed by atoms with Gasteiger partial charge in [-0.1, -0.05) is 30.3 Å². The van der Waals surface area contributed by atoms with Crippen molar-refractivity contribution >= 4 is 35.3 Å². The standard InChI is InChI=1S/C21H23FN6OS/c1-14-4-2-3-5-17(14)25-21-27-18(26-20(23)28-21)12-30-13-19(29)24-11-10-15-6-8-16(22)9-7-15/h2-9H,10-13H2,1H3,(H,24,29)(H3,23,25,26,27,28). The number of carbonyl (C=O) groups excluding carboxylic acids is 1. The summed E-state index contributed by atoms with van der Waals surface area (Å²) in [5, 5.41) is 6.00. The van der Waals surface area contributed by atoms with E-state index in [1.54, 1.807) is 12.1 Å². The molecule has 0 radical (unpaired) electrons. The van der Waals surface area contributed by atoms with E-state index in [1.165, 1.54) is 23.9 Å². The summed E-state index contributed by atoms with van der Waals surface area (Å²) < 4.78 is 12.9. The second kappa shape index (κ2) is 10.5. The minimum Gasteiger partial charge on any atom is -0.368 e. The lowest BCUT2D eigenvalue weighted by atomic mass is 10.1. The SMILES string of the molecule is Cc1ccccc1Nc1nc(N)nc(CSCC(=O)NCCc2ccc(F)cc2)n1. The van der Waals surface area contributed by atoms with Crippen LogP contribution in [0.2, 0.25) is 0 Å². The minimum atomic E-state index is -0.268. The van der Waals surface area contributed by atoms with Gasteiger partial charge in [-0.3, -0.25) is 4.79 Å². The number of thioether (sulfide) groups is 1. The molecule has 3 aromatic rings. The van der Waals surface area contributed by atoms with E-state index < -0.39 is 0 Å². The van der Waals surface area contributed by atoms with E-state index in [0.29, 0.717) is 30.5 Å². The molecule has 3 rings (SSSR count). The van der Waals surface area contributed by atoms with Crippen molar-refractivity contribution < 1.29 is 9.18 Å². The summed E-state index contributed by atoms with van der Waals surface area (Å²) in [4.78, 5) is 24.6. The van der Waals surface area contributed by atoms with Crippen LogP contribution < -0.4 is 16.4 Å². The predicted molar refractivity (Wildman–Crippen MR) is 118 cm³/mol. The Morgan fingerprint density at radius 2 is 1.87 bits per heavy atom. The van der Waals surface area contributed by atoms with Crippen LogP contribution in [0.5, 0.6) is 0 Å². The number of aromatic nitrogens is 3. The number of rotatable bonds is 9. The number of carbonyl (C=O) groups is 1. The maximum atomic E-state index is 12.9. The molecule has 9 heteroatoms. The molecule has 0 atom stereocenters. The van der Waals surface area contributed by atoms with Crippen LogP contribution in [0, 0.1) is 12.7 Å². The quantitative estimate of drug-likeness (QED) is 0.482. The van der Waals surface area contributed by atoms with Crippen LogP contribution in [-0.2, 0) is 17.0 Å². The largest absolute Gasteiger partial charge is 0.368 e. The molecule has 0 aliphatic heterocycles. The highest BCUT2D eigenvalue weighted by Gasteiger charge is 2.08. The summed E-state index contributed by atoms with van der Waals surface area (Å²) in [6.45, 7) is 2.48. The van der Waals surface area contributed by atoms with Crippen LogP contribution in [0.25, 0.3) is 0 Å². The number of nitrogens with zero attached hydrogens (tertiary/aromatic N) is 3. The van der Waals surface area contributed by atoms with Crippen molar-refractivity contribution in [3.63, 3.8) is 0 Å². The molecule has 30 heavy (non-hydrogen) atoms. The fourth-order valence-electron chi connectivity index (χ4n) is 2.68. The van der Waals surface area contributed by atoms with Gasteiger partial charge in [-0.15, -0.1) is 11.8 Å². The van der Waals surface area contributed by atoms with E-state index in [4.69, 9.17) is 5.73 Å². The molecule has 0 saturated heterocycles. The molecule has 0 spiro atoms. The molecule has 7 nitrogen and oxygen atoms in total. The Kier molecular flexibility index (Phi) is 7.56. The van der Waals surface area contributed by atoms with Gasteiger partial charge < -0.3 is 16.4 Å². The van der Waals surface area contributed by atoms with E-state index >= 15 is 0 Å². The molecule has 0 saturated carbocycles. The smallest absolute Gasteiger partial charge is 0.232 e. The van der Waals surface area contributed by atoms with E-state index in [-0.39, 0.29) is 23.4 Å². The zero-order valence-corrected chi connectivity index (χ0v) is 17.4. The fourth-order valence-corrected chi connectivity index (χ4v) is 3.38. The monoisotopic (exact) mass is 426 g/mol. The lowest BCUT2D eigenvalue weighted by Crippen LogP contribution is -2.27. The number of hydrogen-bond donors (Lipinski definition) is 3. The number of anilines is 3. The Balaban J connectivity index is 1.45. The highest BCUT2D eigenvalue weighted by Crippen LogP contribution is 2.18. The van der Waals surface area contributed by atoms with E-state index in [1.807, 2.05) is 31.2 Å². The van der Waals surface area contributed by atoms with Crippen LogP contribution in [0.15, 0.2) is 48.5 Å². The first-order valence-corrected chi connectivity index (χ1v) is 10.6. The molecule has 0 aliphatic rings. The molecular formula is C21H23FN6OS. The summed E-state index contributed by atoms with van der Waals surface area (Å²) in [7, 11) is 0. The first kappa shape index (κ1) is 21.5. The van der Waals surface area contributed by atoms with Crippen molar-refractivity contribution in [2.75, 3.05) is 23.3 Å². The average Bonchev–Trinajstić information content (AvgIpc) is 2.71. The summed E-state index contributed by atoms with van der Waals surface area (Å²) in [6, 6.07) is 14.0. The molecule has 1 aromatic heterocycles. The van der Waals surface area contributed by atoms with Gasteiger partial charge in [0.1, 0.15) is 11.6 Å². The topological polar surface area (TPSA) is 106 Å². The highest BCUT2D eigenvalue weighted by atomic mass is 32.2. The summed E-state index contributed by atoms with van der Waals surface area (Å²) in [5.41, 5.74) is 8.72. The Morgan fingerprint density at radius 1 is 1.10 bits per heavy atom. The van der Waals surface area contributed by atoms with Crippen molar-refractivity contribution in [3.8, 4) is 0 Å². The van der Waals surface area contributed by atoms with Gasteiger partial charge in [0, 0.05) is 12.2 Å². The molecule has 2 aromatic carbocycles. The molecule has 1 amide bonds. The molecule has 156 valence electrons. The third-order valence-electron chi connectivity index (χ3n) is 4.20. The maximum Gasteiger partial charge on any atom is 0.232 e. The van der Waals surface area contributed by atoms with Gasteiger partial charge in [0.2, 0.25) is 17.8 Å². The maximum absolute atomic E-state index is 12.9. The van der Waals surface area contributed by atoms with Crippen LogP contribution in [0.1, 0.15) is 17.0 Å². The van der Waals surface area contributed by atoms with Crippen molar-refractivity contribution in [2.24, 2.45) is 0 Å². The lowest BCUT2D eigenvalue weighted by molar-refractivity contribution is -0.118. The normalized spacial score (nSPS) is 10.6. The molecule has 4 N–H and O–H groups in total. The lowest BCUT2D eigenvalue weighted by Gasteiger charge is -2.09. The zero-order chi connectivity index (χ0) is 21.3. The molecular weight excluding hydrogens is 403 g/mol.